The molecule has 25 heavy (non-hydrogen) atoms. The van der Waals surface area contributed by atoms with Crippen LogP contribution >= 0.6 is 0 Å². The van der Waals surface area contributed by atoms with Crippen LogP contribution in [0.5, 0.6) is 0 Å². The number of hydrogen-bond acceptors (Lipinski definition) is 5. The SMILES string of the molecule is O=C1C[C@H]2O[C@H](C(=O)c3ccccc3)[C@H](OCc3ccccc3)[C@H]2O1. The Morgan fingerprint density at radius 2 is 1.72 bits per heavy atom. The molecule has 2 aliphatic heterocycles. The molecule has 128 valence electrons. The molecule has 2 aromatic rings. The highest BCUT2D eigenvalue weighted by atomic mass is 16.6. The lowest BCUT2D eigenvalue weighted by Gasteiger charge is -2.21. The molecular formula is C20H18O5. The molecule has 0 saturated carbocycles. The van der Waals surface area contributed by atoms with Crippen molar-refractivity contribution < 1.29 is 23.8 Å². The summed E-state index contributed by atoms with van der Waals surface area (Å²) in [5.41, 5.74) is 1.55. The Labute approximate surface area is 145 Å². The molecular weight excluding hydrogens is 320 g/mol. The van der Waals surface area contributed by atoms with Crippen molar-refractivity contribution in [2.45, 2.75) is 37.4 Å². The van der Waals surface area contributed by atoms with Gasteiger partial charge < -0.3 is 14.2 Å². The fourth-order valence-electron chi connectivity index (χ4n) is 3.32. The van der Waals surface area contributed by atoms with Crippen molar-refractivity contribution in [3.63, 3.8) is 0 Å². The molecule has 0 aliphatic carbocycles. The van der Waals surface area contributed by atoms with Gasteiger partial charge in [-0.25, -0.2) is 0 Å². The largest absolute Gasteiger partial charge is 0.457 e. The molecule has 0 amide bonds. The van der Waals surface area contributed by atoms with E-state index in [0.29, 0.717) is 12.2 Å². The molecule has 0 aromatic heterocycles. The average molecular weight is 338 g/mol. The van der Waals surface area contributed by atoms with Crippen LogP contribution in [0, 0.1) is 0 Å². The molecule has 4 atom stereocenters. The molecule has 0 radical (unpaired) electrons. The first-order valence-corrected chi connectivity index (χ1v) is 8.32. The first kappa shape index (κ1) is 16.0. The maximum Gasteiger partial charge on any atom is 0.309 e. The Morgan fingerprint density at radius 3 is 2.44 bits per heavy atom. The lowest BCUT2D eigenvalue weighted by molar-refractivity contribution is -0.147. The van der Waals surface area contributed by atoms with E-state index in [-0.39, 0.29) is 18.2 Å². The normalized spacial score (nSPS) is 27.8. The van der Waals surface area contributed by atoms with E-state index in [4.69, 9.17) is 14.2 Å². The van der Waals surface area contributed by atoms with Gasteiger partial charge in [0.15, 0.2) is 18.0 Å². The van der Waals surface area contributed by atoms with Gasteiger partial charge in [0.05, 0.1) is 13.0 Å². The van der Waals surface area contributed by atoms with E-state index >= 15 is 0 Å². The van der Waals surface area contributed by atoms with E-state index in [1.807, 2.05) is 48.5 Å². The van der Waals surface area contributed by atoms with Crippen molar-refractivity contribution in [1.29, 1.82) is 0 Å². The van der Waals surface area contributed by atoms with Gasteiger partial charge in [0.2, 0.25) is 0 Å². The van der Waals surface area contributed by atoms with E-state index in [9.17, 15) is 9.59 Å². The first-order chi connectivity index (χ1) is 12.2. The second-order valence-electron chi connectivity index (χ2n) is 6.25. The lowest BCUT2D eigenvalue weighted by Crippen LogP contribution is -2.39. The molecule has 5 heteroatoms. The van der Waals surface area contributed by atoms with Crippen LogP contribution in [0.3, 0.4) is 0 Å². The molecule has 2 saturated heterocycles. The Morgan fingerprint density at radius 1 is 1.04 bits per heavy atom. The quantitative estimate of drug-likeness (QED) is 0.619. The van der Waals surface area contributed by atoms with Gasteiger partial charge >= 0.3 is 5.97 Å². The van der Waals surface area contributed by atoms with Gasteiger partial charge in [-0.1, -0.05) is 60.7 Å². The minimum Gasteiger partial charge on any atom is -0.457 e. The summed E-state index contributed by atoms with van der Waals surface area (Å²) in [7, 11) is 0. The second-order valence-corrected chi connectivity index (χ2v) is 6.25. The van der Waals surface area contributed by atoms with Crippen LogP contribution in [0.25, 0.3) is 0 Å². The van der Waals surface area contributed by atoms with Gasteiger partial charge in [-0.15, -0.1) is 0 Å². The lowest BCUT2D eigenvalue weighted by atomic mass is 10.00. The van der Waals surface area contributed by atoms with E-state index in [2.05, 4.69) is 0 Å². The minimum atomic E-state index is -0.769. The molecule has 0 unspecified atom stereocenters. The predicted molar refractivity (Wildman–Crippen MR) is 88.9 cm³/mol. The molecule has 0 spiro atoms. The number of carbonyl (C=O) groups is 2. The van der Waals surface area contributed by atoms with Crippen molar-refractivity contribution in [2.24, 2.45) is 0 Å². The Bertz CT molecular complexity index is 758. The number of esters is 1. The molecule has 0 bridgehead atoms. The van der Waals surface area contributed by atoms with Crippen LogP contribution in [0.4, 0.5) is 0 Å². The van der Waals surface area contributed by atoms with Crippen LogP contribution in [-0.2, 0) is 25.6 Å². The number of carbonyl (C=O) groups excluding carboxylic acids is 2. The van der Waals surface area contributed by atoms with Crippen molar-refractivity contribution in [1.82, 2.24) is 0 Å². The zero-order valence-corrected chi connectivity index (χ0v) is 13.5. The van der Waals surface area contributed by atoms with Gasteiger partial charge in [0.1, 0.15) is 12.2 Å². The van der Waals surface area contributed by atoms with Crippen LogP contribution in [-0.4, -0.2) is 36.2 Å². The molecule has 2 aliphatic rings. The zero-order valence-electron chi connectivity index (χ0n) is 13.5. The van der Waals surface area contributed by atoms with Gasteiger partial charge in [0, 0.05) is 5.56 Å². The number of ketones is 1. The van der Waals surface area contributed by atoms with E-state index in [1.165, 1.54) is 0 Å². The summed E-state index contributed by atoms with van der Waals surface area (Å²) in [6.07, 6.45) is -2.17. The van der Waals surface area contributed by atoms with Crippen LogP contribution in [0.2, 0.25) is 0 Å². The molecule has 4 rings (SSSR count). The summed E-state index contributed by atoms with van der Waals surface area (Å²) in [5.74, 6) is -0.460. The van der Waals surface area contributed by atoms with Crippen molar-refractivity contribution in [3.05, 3.63) is 71.8 Å². The summed E-state index contributed by atoms with van der Waals surface area (Å²) in [5, 5.41) is 0. The Kier molecular flexibility index (Phi) is 4.34. The fraction of sp³-hybridized carbons (Fsp3) is 0.300. The maximum atomic E-state index is 12.8. The highest BCUT2D eigenvalue weighted by molar-refractivity contribution is 6.00. The third-order valence-electron chi connectivity index (χ3n) is 4.55. The zero-order chi connectivity index (χ0) is 17.2. The van der Waals surface area contributed by atoms with Crippen LogP contribution in [0.1, 0.15) is 22.3 Å². The Hall–Kier alpha value is -2.50. The highest BCUT2D eigenvalue weighted by Gasteiger charge is 2.54. The van der Waals surface area contributed by atoms with Gasteiger partial charge in [0.25, 0.3) is 0 Å². The smallest absolute Gasteiger partial charge is 0.309 e. The Balaban J connectivity index is 1.54. The summed E-state index contributed by atoms with van der Waals surface area (Å²) in [6.45, 7) is 0.328. The second kappa shape index (κ2) is 6.78. The van der Waals surface area contributed by atoms with Crippen LogP contribution < -0.4 is 0 Å². The van der Waals surface area contributed by atoms with E-state index < -0.39 is 24.4 Å². The van der Waals surface area contributed by atoms with Crippen molar-refractivity contribution in [3.8, 4) is 0 Å². The third-order valence-corrected chi connectivity index (χ3v) is 4.55. The van der Waals surface area contributed by atoms with Gasteiger partial charge in [-0.05, 0) is 5.56 Å². The molecule has 2 fully saturated rings. The maximum absolute atomic E-state index is 12.8. The standard InChI is InChI=1S/C20H18O5/c21-16-11-15-18(25-16)20(23-12-13-7-3-1-4-8-13)19(24-15)17(22)14-9-5-2-6-10-14/h1-10,15,18-20H,11-12H2/t15-,18+,19-,20-/m1/s1. The van der Waals surface area contributed by atoms with E-state index in [0.717, 1.165) is 5.56 Å². The highest BCUT2D eigenvalue weighted by Crippen LogP contribution is 2.35. The van der Waals surface area contributed by atoms with Gasteiger partial charge in [-0.2, -0.15) is 0 Å². The fourth-order valence-corrected chi connectivity index (χ4v) is 3.32. The topological polar surface area (TPSA) is 61.8 Å². The van der Waals surface area contributed by atoms with Crippen molar-refractivity contribution in [2.75, 3.05) is 0 Å². The predicted octanol–water partition coefficient (Wildman–Crippen LogP) is 2.54. The molecule has 5 nitrogen and oxygen atoms in total. The van der Waals surface area contributed by atoms with Gasteiger partial charge in [-0.3, -0.25) is 9.59 Å². The number of fused-ring (bicyclic) bond motifs is 1. The molecule has 2 aromatic carbocycles. The summed E-state index contributed by atoms with van der Waals surface area (Å²) < 4.78 is 17.2. The number of ether oxygens (including phenoxy) is 3. The van der Waals surface area contributed by atoms with Crippen molar-refractivity contribution >= 4 is 11.8 Å². The number of Topliss-reactive ketones (excluding diaryl/α,β-unsaturated/α-hetero) is 1. The van der Waals surface area contributed by atoms with E-state index in [1.54, 1.807) is 12.1 Å². The number of rotatable bonds is 5. The number of benzene rings is 2. The third kappa shape index (κ3) is 3.21. The minimum absolute atomic E-state index is 0.149. The van der Waals surface area contributed by atoms with Crippen LogP contribution in [0.15, 0.2) is 60.7 Å². The average Bonchev–Trinajstić information content (AvgIpc) is 3.17. The summed E-state index contributed by atoms with van der Waals surface area (Å²) >= 11 is 0. The summed E-state index contributed by atoms with van der Waals surface area (Å²) in [4.78, 5) is 24.4. The molecule has 0 N–H and O–H groups in total. The monoisotopic (exact) mass is 338 g/mol. The number of hydrogen-bond donors (Lipinski definition) is 0. The first-order valence-electron chi connectivity index (χ1n) is 8.32. The summed E-state index contributed by atoms with van der Waals surface area (Å²) in [6, 6.07) is 18.6. The molecule has 2 heterocycles.